The molecule has 1 saturated heterocycles. The minimum atomic E-state index is -3.70. The van der Waals surface area contributed by atoms with E-state index in [4.69, 9.17) is 9.47 Å². The van der Waals surface area contributed by atoms with Gasteiger partial charge >= 0.3 is 0 Å². The van der Waals surface area contributed by atoms with E-state index in [-0.39, 0.29) is 23.0 Å². The van der Waals surface area contributed by atoms with Gasteiger partial charge in [0.05, 0.1) is 22.8 Å². The van der Waals surface area contributed by atoms with Gasteiger partial charge in [-0.2, -0.15) is 0 Å². The zero-order valence-corrected chi connectivity index (χ0v) is 21.6. The summed E-state index contributed by atoms with van der Waals surface area (Å²) in [5, 5.41) is 0. The fourth-order valence-corrected chi connectivity index (χ4v) is 6.03. The SMILES string of the molecule is Cc1ccc(N(CC(C)C)S(=O)(=O)c2ccc(OCCN3CC(C)OC(C)C3)cc2)c(C)c1. The molecular weight excluding hydrogens is 436 g/mol. The molecule has 1 aliphatic rings. The fourth-order valence-electron chi connectivity index (χ4n) is 4.34. The number of rotatable bonds is 9. The second kappa shape index (κ2) is 10.9. The van der Waals surface area contributed by atoms with E-state index in [9.17, 15) is 8.42 Å². The molecule has 0 aromatic heterocycles. The van der Waals surface area contributed by atoms with Gasteiger partial charge in [0.15, 0.2) is 0 Å². The predicted octanol–water partition coefficient (Wildman–Crippen LogP) is 4.64. The van der Waals surface area contributed by atoms with Crippen molar-refractivity contribution >= 4 is 15.7 Å². The molecule has 0 bridgehead atoms. The molecule has 2 aromatic rings. The third kappa shape index (κ3) is 6.71. The Labute approximate surface area is 199 Å². The molecule has 0 saturated carbocycles. The van der Waals surface area contributed by atoms with Gasteiger partial charge in [-0.15, -0.1) is 0 Å². The van der Waals surface area contributed by atoms with E-state index in [1.807, 2.05) is 45.9 Å². The van der Waals surface area contributed by atoms with E-state index >= 15 is 0 Å². The van der Waals surface area contributed by atoms with Gasteiger partial charge in [-0.1, -0.05) is 31.5 Å². The van der Waals surface area contributed by atoms with Crippen molar-refractivity contribution in [1.29, 1.82) is 0 Å². The van der Waals surface area contributed by atoms with E-state index in [0.29, 0.717) is 18.9 Å². The van der Waals surface area contributed by atoms with Crippen molar-refractivity contribution in [3.63, 3.8) is 0 Å². The molecule has 33 heavy (non-hydrogen) atoms. The lowest BCUT2D eigenvalue weighted by atomic mass is 10.1. The van der Waals surface area contributed by atoms with Gasteiger partial charge < -0.3 is 9.47 Å². The summed E-state index contributed by atoms with van der Waals surface area (Å²) in [4.78, 5) is 2.61. The Hall–Kier alpha value is -2.09. The van der Waals surface area contributed by atoms with Crippen LogP contribution in [0.3, 0.4) is 0 Å². The maximum absolute atomic E-state index is 13.6. The number of aryl methyl sites for hydroxylation is 2. The van der Waals surface area contributed by atoms with Crippen LogP contribution in [-0.4, -0.2) is 58.3 Å². The van der Waals surface area contributed by atoms with Crippen LogP contribution < -0.4 is 9.04 Å². The Morgan fingerprint density at radius 1 is 1.06 bits per heavy atom. The summed E-state index contributed by atoms with van der Waals surface area (Å²) in [5.74, 6) is 0.860. The molecule has 182 valence electrons. The summed E-state index contributed by atoms with van der Waals surface area (Å²) in [6, 6.07) is 12.6. The monoisotopic (exact) mass is 474 g/mol. The van der Waals surface area contributed by atoms with Crippen molar-refractivity contribution < 1.29 is 17.9 Å². The summed E-state index contributed by atoms with van der Waals surface area (Å²) in [6.07, 6.45) is 0.452. The lowest BCUT2D eigenvalue weighted by Gasteiger charge is -2.35. The van der Waals surface area contributed by atoms with Crippen LogP contribution in [0.5, 0.6) is 5.75 Å². The highest BCUT2D eigenvalue weighted by Gasteiger charge is 2.27. The van der Waals surface area contributed by atoms with Crippen molar-refractivity contribution in [2.75, 3.05) is 37.1 Å². The van der Waals surface area contributed by atoms with Gasteiger partial charge in [-0.05, 0) is 69.5 Å². The van der Waals surface area contributed by atoms with Gasteiger partial charge in [-0.3, -0.25) is 9.21 Å². The van der Waals surface area contributed by atoms with Crippen LogP contribution in [0.4, 0.5) is 5.69 Å². The molecular formula is C26H38N2O4S. The van der Waals surface area contributed by atoms with Gasteiger partial charge in [-0.25, -0.2) is 8.42 Å². The number of ether oxygens (including phenoxy) is 2. The third-order valence-corrected chi connectivity index (χ3v) is 7.53. The largest absolute Gasteiger partial charge is 0.492 e. The van der Waals surface area contributed by atoms with Crippen LogP contribution >= 0.6 is 0 Å². The van der Waals surface area contributed by atoms with Crippen LogP contribution in [0.25, 0.3) is 0 Å². The summed E-state index contributed by atoms with van der Waals surface area (Å²) in [7, 11) is -3.70. The van der Waals surface area contributed by atoms with Crippen molar-refractivity contribution in [1.82, 2.24) is 4.90 Å². The Morgan fingerprint density at radius 2 is 1.70 bits per heavy atom. The van der Waals surface area contributed by atoms with Gasteiger partial charge in [0.25, 0.3) is 10.0 Å². The first-order valence-electron chi connectivity index (χ1n) is 11.8. The first-order valence-corrected chi connectivity index (χ1v) is 13.2. The van der Waals surface area contributed by atoms with E-state index in [2.05, 4.69) is 18.7 Å². The van der Waals surface area contributed by atoms with E-state index in [0.717, 1.165) is 36.4 Å². The van der Waals surface area contributed by atoms with Crippen molar-refractivity contribution in [2.45, 2.75) is 58.6 Å². The predicted molar refractivity (Wildman–Crippen MR) is 134 cm³/mol. The first kappa shape index (κ1) is 25.5. The van der Waals surface area contributed by atoms with E-state index < -0.39 is 10.0 Å². The van der Waals surface area contributed by atoms with Gasteiger partial charge in [0.2, 0.25) is 0 Å². The average Bonchev–Trinajstić information content (AvgIpc) is 2.72. The Balaban J connectivity index is 1.70. The lowest BCUT2D eigenvalue weighted by Crippen LogP contribution is -2.46. The number of nitrogens with zero attached hydrogens (tertiary/aromatic N) is 2. The molecule has 0 amide bonds. The van der Waals surface area contributed by atoms with Gasteiger partial charge in [0, 0.05) is 26.2 Å². The maximum Gasteiger partial charge on any atom is 0.264 e. The van der Waals surface area contributed by atoms with Crippen molar-refractivity contribution in [3.05, 3.63) is 53.6 Å². The average molecular weight is 475 g/mol. The smallest absolute Gasteiger partial charge is 0.264 e. The zero-order valence-electron chi connectivity index (χ0n) is 20.7. The van der Waals surface area contributed by atoms with Crippen LogP contribution in [0.2, 0.25) is 0 Å². The summed E-state index contributed by atoms with van der Waals surface area (Å²) in [6.45, 7) is 15.8. The standard InChI is InChI=1S/C26H38N2O4S/c1-19(2)16-28(26-12-7-20(3)15-21(26)4)33(29,30)25-10-8-24(9-11-25)31-14-13-27-17-22(5)32-23(6)18-27/h7-12,15,19,22-23H,13-14,16-18H2,1-6H3. The second-order valence-electron chi connectivity index (χ2n) is 9.56. The molecule has 1 heterocycles. The number of hydrogen-bond acceptors (Lipinski definition) is 5. The highest BCUT2D eigenvalue weighted by molar-refractivity contribution is 7.92. The quantitative estimate of drug-likeness (QED) is 0.530. The topological polar surface area (TPSA) is 59.1 Å². The Bertz CT molecular complexity index is 1010. The minimum absolute atomic E-state index is 0.189. The van der Waals surface area contributed by atoms with E-state index in [1.54, 1.807) is 24.3 Å². The second-order valence-corrected chi connectivity index (χ2v) is 11.4. The molecule has 2 atom stereocenters. The fraction of sp³-hybridized carbons (Fsp3) is 0.538. The van der Waals surface area contributed by atoms with Crippen LogP contribution in [0.15, 0.2) is 47.4 Å². The lowest BCUT2D eigenvalue weighted by molar-refractivity contribution is -0.0699. The zero-order chi connectivity index (χ0) is 24.2. The van der Waals surface area contributed by atoms with E-state index in [1.165, 1.54) is 4.31 Å². The minimum Gasteiger partial charge on any atom is -0.492 e. The highest BCUT2D eigenvalue weighted by atomic mass is 32.2. The number of hydrogen-bond donors (Lipinski definition) is 0. The molecule has 0 spiro atoms. The summed E-state index contributed by atoms with van der Waals surface area (Å²) in [5.41, 5.74) is 2.79. The normalized spacial score (nSPS) is 19.6. The molecule has 0 aliphatic carbocycles. The molecule has 6 nitrogen and oxygen atoms in total. The molecule has 7 heteroatoms. The van der Waals surface area contributed by atoms with Crippen LogP contribution in [0, 0.1) is 19.8 Å². The van der Waals surface area contributed by atoms with Gasteiger partial charge in [0.1, 0.15) is 12.4 Å². The summed E-state index contributed by atoms with van der Waals surface area (Å²) >= 11 is 0. The molecule has 3 rings (SSSR count). The van der Waals surface area contributed by atoms with Crippen molar-refractivity contribution in [3.8, 4) is 5.75 Å². The molecule has 2 unspecified atom stereocenters. The molecule has 1 fully saturated rings. The Morgan fingerprint density at radius 3 is 2.27 bits per heavy atom. The third-order valence-electron chi connectivity index (χ3n) is 5.74. The van der Waals surface area contributed by atoms with Crippen LogP contribution in [-0.2, 0) is 14.8 Å². The van der Waals surface area contributed by atoms with Crippen LogP contribution in [0.1, 0.15) is 38.8 Å². The molecule has 2 aromatic carbocycles. The first-order chi connectivity index (χ1) is 15.6. The molecule has 0 N–H and O–H groups in total. The Kier molecular flexibility index (Phi) is 8.43. The molecule has 1 aliphatic heterocycles. The number of sulfonamides is 1. The number of anilines is 1. The molecule has 0 radical (unpaired) electrons. The highest BCUT2D eigenvalue weighted by Crippen LogP contribution is 2.29. The number of benzene rings is 2. The van der Waals surface area contributed by atoms with Crippen molar-refractivity contribution in [2.24, 2.45) is 5.92 Å². The maximum atomic E-state index is 13.6. The number of morpholine rings is 1. The summed E-state index contributed by atoms with van der Waals surface area (Å²) < 4.78 is 40.3.